The summed E-state index contributed by atoms with van der Waals surface area (Å²) in [6.45, 7) is 2.41. The van der Waals surface area contributed by atoms with E-state index in [4.69, 9.17) is 0 Å². The lowest BCUT2D eigenvalue weighted by atomic mass is 10.1. The second-order valence-electron chi connectivity index (χ2n) is 5.30. The van der Waals surface area contributed by atoms with Crippen LogP contribution in [0.4, 0.5) is 4.39 Å². The standard InChI is InChI=1S/C16H15FN2O3S/c1-9(10-2-4-11(17)5-3-10)18-14(20)13-8-12(16(21)22)15-19(13)6-7-23-15/h2-5,8-9H,6-7H2,1H3,(H,18,20)(H,21,22)/t9-/m1/s1. The summed E-state index contributed by atoms with van der Waals surface area (Å²) in [7, 11) is 0. The second-order valence-corrected chi connectivity index (χ2v) is 6.38. The first-order valence-electron chi connectivity index (χ1n) is 7.13. The molecule has 120 valence electrons. The zero-order valence-electron chi connectivity index (χ0n) is 12.4. The molecule has 1 aromatic heterocycles. The van der Waals surface area contributed by atoms with Crippen molar-refractivity contribution in [3.63, 3.8) is 0 Å². The lowest BCUT2D eigenvalue weighted by molar-refractivity contribution is 0.0692. The molecule has 7 heteroatoms. The molecule has 0 unspecified atom stereocenters. The van der Waals surface area contributed by atoms with Crippen molar-refractivity contribution in [1.29, 1.82) is 0 Å². The number of rotatable bonds is 4. The second kappa shape index (κ2) is 6.08. The molecule has 1 aliphatic heterocycles. The molecule has 0 fully saturated rings. The first kappa shape index (κ1) is 15.6. The molecule has 0 bridgehead atoms. The molecule has 0 saturated carbocycles. The van der Waals surface area contributed by atoms with Gasteiger partial charge in [-0.3, -0.25) is 4.79 Å². The fourth-order valence-corrected chi connectivity index (χ4v) is 3.70. The van der Waals surface area contributed by atoms with E-state index in [9.17, 15) is 19.1 Å². The van der Waals surface area contributed by atoms with E-state index in [1.165, 1.54) is 30.0 Å². The van der Waals surface area contributed by atoms with E-state index < -0.39 is 5.97 Å². The highest BCUT2D eigenvalue weighted by molar-refractivity contribution is 7.99. The lowest BCUT2D eigenvalue weighted by Gasteiger charge is -2.15. The molecule has 3 rings (SSSR count). The van der Waals surface area contributed by atoms with E-state index in [0.717, 1.165) is 11.3 Å². The third-order valence-corrected chi connectivity index (χ3v) is 4.88. The Kier molecular flexibility index (Phi) is 4.12. The molecule has 23 heavy (non-hydrogen) atoms. The molecule has 2 heterocycles. The largest absolute Gasteiger partial charge is 0.478 e. The highest BCUT2D eigenvalue weighted by atomic mass is 32.2. The minimum absolute atomic E-state index is 0.159. The number of carboxylic acid groups (broad SMARTS) is 1. The van der Waals surface area contributed by atoms with Crippen LogP contribution >= 0.6 is 11.8 Å². The Bertz CT molecular complexity index is 770. The van der Waals surface area contributed by atoms with Crippen LogP contribution < -0.4 is 5.32 Å². The number of hydrogen-bond acceptors (Lipinski definition) is 3. The monoisotopic (exact) mass is 334 g/mol. The molecule has 1 amide bonds. The number of aromatic carboxylic acids is 1. The van der Waals surface area contributed by atoms with Crippen molar-refractivity contribution in [3.8, 4) is 0 Å². The highest BCUT2D eigenvalue weighted by Crippen LogP contribution is 2.33. The molecule has 1 atom stereocenters. The van der Waals surface area contributed by atoms with Gasteiger partial charge in [-0.2, -0.15) is 0 Å². The van der Waals surface area contributed by atoms with Crippen LogP contribution in [-0.2, 0) is 6.54 Å². The number of halogens is 1. The lowest BCUT2D eigenvalue weighted by Crippen LogP contribution is -2.28. The van der Waals surface area contributed by atoms with Crippen LogP contribution in [0.3, 0.4) is 0 Å². The van der Waals surface area contributed by atoms with Gasteiger partial charge in [0.05, 0.1) is 16.6 Å². The summed E-state index contributed by atoms with van der Waals surface area (Å²) in [5.74, 6) is -0.948. The molecule has 0 aliphatic carbocycles. The minimum atomic E-state index is -1.03. The SMILES string of the molecule is C[C@@H](NC(=O)c1cc(C(=O)O)c2n1CCS2)c1ccc(F)cc1. The molecule has 0 radical (unpaired) electrons. The van der Waals surface area contributed by atoms with Gasteiger partial charge in [-0.25, -0.2) is 9.18 Å². The maximum atomic E-state index is 13.0. The van der Waals surface area contributed by atoms with Gasteiger partial charge >= 0.3 is 5.97 Å². The number of carbonyl (C=O) groups excluding carboxylic acids is 1. The number of hydrogen-bond donors (Lipinski definition) is 2. The Labute approximate surface area is 136 Å². The predicted octanol–water partition coefficient (Wildman–Crippen LogP) is 2.92. The summed E-state index contributed by atoms with van der Waals surface area (Å²) in [6, 6.07) is 7.01. The summed E-state index contributed by atoms with van der Waals surface area (Å²) in [5, 5.41) is 12.7. The topological polar surface area (TPSA) is 71.3 Å². The van der Waals surface area contributed by atoms with Gasteiger partial charge in [0.1, 0.15) is 11.5 Å². The number of aromatic nitrogens is 1. The zero-order valence-corrected chi connectivity index (χ0v) is 13.2. The van der Waals surface area contributed by atoms with E-state index in [1.807, 2.05) is 0 Å². The Morgan fingerprint density at radius 2 is 2.04 bits per heavy atom. The van der Waals surface area contributed by atoms with Crippen molar-refractivity contribution >= 4 is 23.6 Å². The number of amides is 1. The van der Waals surface area contributed by atoms with E-state index in [2.05, 4.69) is 5.32 Å². The molecule has 0 saturated heterocycles. The quantitative estimate of drug-likeness (QED) is 0.902. The van der Waals surface area contributed by atoms with Gasteiger partial charge in [0.25, 0.3) is 5.91 Å². The Balaban J connectivity index is 1.82. The highest BCUT2D eigenvalue weighted by Gasteiger charge is 2.27. The Morgan fingerprint density at radius 3 is 2.70 bits per heavy atom. The number of benzene rings is 1. The van der Waals surface area contributed by atoms with E-state index in [1.54, 1.807) is 23.6 Å². The van der Waals surface area contributed by atoms with Gasteiger partial charge in [0, 0.05) is 12.3 Å². The number of fused-ring (bicyclic) bond motifs is 1. The normalized spacial score (nSPS) is 14.3. The summed E-state index contributed by atoms with van der Waals surface area (Å²) in [6.07, 6.45) is 0. The van der Waals surface area contributed by atoms with E-state index >= 15 is 0 Å². The first-order chi connectivity index (χ1) is 11.0. The van der Waals surface area contributed by atoms with Crippen molar-refractivity contribution in [2.75, 3.05) is 5.75 Å². The van der Waals surface area contributed by atoms with Crippen molar-refractivity contribution in [2.24, 2.45) is 0 Å². The van der Waals surface area contributed by atoms with Gasteiger partial charge < -0.3 is 15.0 Å². The molecule has 2 N–H and O–H groups in total. The van der Waals surface area contributed by atoms with Crippen LogP contribution in [0.2, 0.25) is 0 Å². The predicted molar refractivity (Wildman–Crippen MR) is 84.4 cm³/mol. The molecule has 0 spiro atoms. The first-order valence-corrected chi connectivity index (χ1v) is 8.12. The van der Waals surface area contributed by atoms with Crippen LogP contribution in [0.1, 0.15) is 39.4 Å². The Hall–Kier alpha value is -2.28. The van der Waals surface area contributed by atoms with Crippen molar-refractivity contribution in [2.45, 2.75) is 24.5 Å². The number of nitrogens with zero attached hydrogens (tertiary/aromatic N) is 1. The molecule has 5 nitrogen and oxygen atoms in total. The fourth-order valence-electron chi connectivity index (χ4n) is 2.59. The fraction of sp³-hybridized carbons (Fsp3) is 0.250. The molecule has 1 aliphatic rings. The molecular formula is C16H15FN2O3S. The van der Waals surface area contributed by atoms with Crippen LogP contribution in [0, 0.1) is 5.82 Å². The van der Waals surface area contributed by atoms with Crippen LogP contribution in [0.15, 0.2) is 35.4 Å². The third-order valence-electron chi connectivity index (χ3n) is 3.78. The van der Waals surface area contributed by atoms with Crippen LogP contribution in [-0.4, -0.2) is 27.3 Å². The summed E-state index contributed by atoms with van der Waals surface area (Å²) < 4.78 is 14.7. The average Bonchev–Trinajstić information content (AvgIpc) is 3.08. The van der Waals surface area contributed by atoms with Gasteiger partial charge in [-0.15, -0.1) is 11.8 Å². The Morgan fingerprint density at radius 1 is 1.35 bits per heavy atom. The van der Waals surface area contributed by atoms with Gasteiger partial charge in [0.2, 0.25) is 0 Å². The van der Waals surface area contributed by atoms with Crippen LogP contribution in [0.5, 0.6) is 0 Å². The van der Waals surface area contributed by atoms with Gasteiger partial charge in [-0.05, 0) is 30.7 Å². The molecular weight excluding hydrogens is 319 g/mol. The van der Waals surface area contributed by atoms with E-state index in [-0.39, 0.29) is 23.3 Å². The number of nitrogens with one attached hydrogen (secondary N) is 1. The summed E-state index contributed by atoms with van der Waals surface area (Å²) in [5.41, 5.74) is 1.28. The average molecular weight is 334 g/mol. The van der Waals surface area contributed by atoms with Crippen LogP contribution in [0.25, 0.3) is 0 Å². The summed E-state index contributed by atoms with van der Waals surface area (Å²) in [4.78, 5) is 23.8. The number of carboxylic acids is 1. The number of thioether (sulfide) groups is 1. The number of carbonyl (C=O) groups is 2. The van der Waals surface area contributed by atoms with Gasteiger partial charge in [0.15, 0.2) is 0 Å². The maximum Gasteiger partial charge on any atom is 0.338 e. The van der Waals surface area contributed by atoms with Crippen molar-refractivity contribution in [3.05, 3.63) is 53.0 Å². The van der Waals surface area contributed by atoms with Crippen molar-refractivity contribution < 1.29 is 19.1 Å². The summed E-state index contributed by atoms with van der Waals surface area (Å²) >= 11 is 1.44. The molecule has 1 aromatic carbocycles. The third kappa shape index (κ3) is 2.96. The van der Waals surface area contributed by atoms with Gasteiger partial charge in [-0.1, -0.05) is 12.1 Å². The molecule has 2 aromatic rings. The zero-order chi connectivity index (χ0) is 16.6. The van der Waals surface area contributed by atoms with Crippen molar-refractivity contribution in [1.82, 2.24) is 9.88 Å². The maximum absolute atomic E-state index is 13.0. The minimum Gasteiger partial charge on any atom is -0.478 e. The smallest absolute Gasteiger partial charge is 0.338 e. The van der Waals surface area contributed by atoms with E-state index in [0.29, 0.717) is 17.3 Å².